The van der Waals surface area contributed by atoms with Crippen molar-refractivity contribution in [3.8, 4) is 0 Å². The van der Waals surface area contributed by atoms with Crippen molar-refractivity contribution in [2.45, 2.75) is 96.6 Å². The van der Waals surface area contributed by atoms with E-state index >= 15 is 0 Å². The molecule has 1 saturated carbocycles. The first kappa shape index (κ1) is 28.4. The van der Waals surface area contributed by atoms with E-state index in [1.807, 2.05) is 17.0 Å². The van der Waals surface area contributed by atoms with Gasteiger partial charge in [-0.2, -0.15) is 0 Å². The predicted octanol–water partition coefficient (Wildman–Crippen LogP) is 6.06. The van der Waals surface area contributed by atoms with Gasteiger partial charge in [-0.25, -0.2) is 9.18 Å². The van der Waals surface area contributed by atoms with Crippen molar-refractivity contribution < 1.29 is 18.7 Å². The van der Waals surface area contributed by atoms with E-state index in [1.54, 1.807) is 0 Å². The van der Waals surface area contributed by atoms with Gasteiger partial charge < -0.3 is 9.64 Å². The summed E-state index contributed by atoms with van der Waals surface area (Å²) in [6.45, 7) is 15.0. The molecule has 216 valence electrons. The lowest BCUT2D eigenvalue weighted by Gasteiger charge is -2.51. The van der Waals surface area contributed by atoms with Crippen molar-refractivity contribution in [3.05, 3.63) is 35.6 Å². The SMILES string of the molecule is CC(C)(C)N1CC(c2ccc(F)cc2)[C@H](C(=O)N2CCC(CN3C(=O)OCC3(C)C)(C3CCCCC3)CC2)C1. The third-order valence-corrected chi connectivity index (χ3v) is 10.4. The second-order valence-corrected chi connectivity index (χ2v) is 14.3. The monoisotopic (exact) mass is 541 g/mol. The number of ether oxygens (including phenoxy) is 1. The molecule has 3 heterocycles. The molecule has 5 rings (SSSR count). The second-order valence-electron chi connectivity index (χ2n) is 14.3. The molecule has 3 aliphatic heterocycles. The van der Waals surface area contributed by atoms with E-state index in [0.717, 1.165) is 51.1 Å². The first-order chi connectivity index (χ1) is 18.4. The average Bonchev–Trinajstić information content (AvgIpc) is 3.47. The van der Waals surface area contributed by atoms with Crippen LogP contribution in [0.2, 0.25) is 0 Å². The van der Waals surface area contributed by atoms with Crippen LogP contribution >= 0.6 is 0 Å². The van der Waals surface area contributed by atoms with Crippen molar-refractivity contribution in [2.24, 2.45) is 17.3 Å². The summed E-state index contributed by atoms with van der Waals surface area (Å²) in [5, 5.41) is 0. The average molecular weight is 542 g/mol. The summed E-state index contributed by atoms with van der Waals surface area (Å²) in [7, 11) is 0. The molecule has 0 bridgehead atoms. The Hall–Kier alpha value is -2.15. The first-order valence-electron chi connectivity index (χ1n) is 15.1. The number of benzene rings is 1. The Kier molecular flexibility index (Phi) is 7.77. The van der Waals surface area contributed by atoms with Gasteiger partial charge in [0, 0.05) is 44.2 Å². The normalized spacial score (nSPS) is 28.1. The van der Waals surface area contributed by atoms with E-state index in [-0.39, 0.29) is 46.1 Å². The van der Waals surface area contributed by atoms with Crippen molar-refractivity contribution in [2.75, 3.05) is 39.3 Å². The zero-order valence-corrected chi connectivity index (χ0v) is 24.7. The van der Waals surface area contributed by atoms with Crippen LogP contribution in [-0.4, -0.2) is 77.1 Å². The molecule has 1 aliphatic carbocycles. The fourth-order valence-electron chi connectivity index (χ4n) is 7.70. The Balaban J connectivity index is 1.34. The molecule has 6 nitrogen and oxygen atoms in total. The van der Waals surface area contributed by atoms with Gasteiger partial charge in [0.1, 0.15) is 12.4 Å². The lowest BCUT2D eigenvalue weighted by atomic mass is 9.63. The Morgan fingerprint density at radius 1 is 1.03 bits per heavy atom. The molecule has 0 N–H and O–H groups in total. The molecule has 0 radical (unpaired) electrons. The standard InChI is InChI=1S/C32H48FN3O3/c1-30(2,3)35-19-26(23-11-13-25(33)14-12-23)27(20-35)28(37)34-17-15-32(16-18-34,24-9-7-6-8-10-24)21-36-29(38)39-22-31(36,4)5/h11-14,24,26-27H,6-10,15-22H2,1-5H3/t26?,27-/m1/s1. The third kappa shape index (κ3) is 5.71. The van der Waals surface area contributed by atoms with Gasteiger partial charge >= 0.3 is 6.09 Å². The molecule has 1 unspecified atom stereocenters. The van der Waals surface area contributed by atoms with Crippen LogP contribution in [0, 0.1) is 23.1 Å². The fraction of sp³-hybridized carbons (Fsp3) is 0.750. The maximum atomic E-state index is 14.2. The number of hydrogen-bond donors (Lipinski definition) is 0. The minimum atomic E-state index is -0.297. The largest absolute Gasteiger partial charge is 0.447 e. The minimum absolute atomic E-state index is 0.0291. The Morgan fingerprint density at radius 3 is 2.23 bits per heavy atom. The lowest BCUT2D eigenvalue weighted by Crippen LogP contribution is -2.55. The molecule has 1 aromatic carbocycles. The van der Waals surface area contributed by atoms with E-state index in [1.165, 1.54) is 44.2 Å². The molecule has 3 saturated heterocycles. The maximum Gasteiger partial charge on any atom is 0.410 e. The number of carbonyl (C=O) groups is 2. The number of rotatable bonds is 5. The maximum absolute atomic E-state index is 14.2. The van der Waals surface area contributed by atoms with E-state index < -0.39 is 0 Å². The summed E-state index contributed by atoms with van der Waals surface area (Å²) in [6, 6.07) is 6.74. The van der Waals surface area contributed by atoms with Gasteiger partial charge in [-0.1, -0.05) is 31.4 Å². The molecule has 0 spiro atoms. The van der Waals surface area contributed by atoms with Crippen molar-refractivity contribution in [1.82, 2.24) is 14.7 Å². The quantitative estimate of drug-likeness (QED) is 0.455. The number of halogens is 1. The number of amides is 2. The highest BCUT2D eigenvalue weighted by Gasteiger charge is 2.50. The molecule has 39 heavy (non-hydrogen) atoms. The topological polar surface area (TPSA) is 53.1 Å². The molecule has 2 amide bonds. The van der Waals surface area contributed by atoms with Gasteiger partial charge in [0.25, 0.3) is 0 Å². The van der Waals surface area contributed by atoms with Gasteiger partial charge in [0.05, 0.1) is 11.5 Å². The van der Waals surface area contributed by atoms with E-state index in [2.05, 4.69) is 44.4 Å². The second kappa shape index (κ2) is 10.7. The summed E-state index contributed by atoms with van der Waals surface area (Å²) in [5.74, 6) is 0.496. The van der Waals surface area contributed by atoms with E-state index in [9.17, 15) is 14.0 Å². The molecule has 7 heteroatoms. The van der Waals surface area contributed by atoms with Crippen LogP contribution in [-0.2, 0) is 9.53 Å². The van der Waals surface area contributed by atoms with Crippen LogP contribution < -0.4 is 0 Å². The number of cyclic esters (lactones) is 1. The van der Waals surface area contributed by atoms with Crippen LogP contribution in [0.4, 0.5) is 9.18 Å². The first-order valence-corrected chi connectivity index (χ1v) is 15.1. The van der Waals surface area contributed by atoms with Crippen molar-refractivity contribution in [3.63, 3.8) is 0 Å². The molecular weight excluding hydrogens is 493 g/mol. The highest BCUT2D eigenvalue weighted by molar-refractivity contribution is 5.81. The van der Waals surface area contributed by atoms with Gasteiger partial charge in [0.15, 0.2) is 0 Å². The molecule has 2 atom stereocenters. The van der Waals surface area contributed by atoms with Crippen LogP contribution in [0.25, 0.3) is 0 Å². The minimum Gasteiger partial charge on any atom is -0.447 e. The number of carbonyl (C=O) groups excluding carboxylic acids is 2. The van der Waals surface area contributed by atoms with Crippen molar-refractivity contribution >= 4 is 12.0 Å². The summed E-state index contributed by atoms with van der Waals surface area (Å²) in [5.41, 5.74) is 0.739. The molecule has 0 aromatic heterocycles. The Labute approximate surface area is 234 Å². The van der Waals surface area contributed by atoms with Crippen LogP contribution in [0.3, 0.4) is 0 Å². The molecule has 4 aliphatic rings. The lowest BCUT2D eigenvalue weighted by molar-refractivity contribution is -0.139. The summed E-state index contributed by atoms with van der Waals surface area (Å²) in [4.78, 5) is 33.4. The zero-order chi connectivity index (χ0) is 28.0. The number of piperidine rings is 1. The third-order valence-electron chi connectivity index (χ3n) is 10.4. The van der Waals surface area contributed by atoms with Gasteiger partial charge in [-0.15, -0.1) is 0 Å². The van der Waals surface area contributed by atoms with Crippen molar-refractivity contribution in [1.29, 1.82) is 0 Å². The Bertz CT molecular complexity index is 1040. The zero-order valence-electron chi connectivity index (χ0n) is 24.7. The summed E-state index contributed by atoms with van der Waals surface area (Å²) >= 11 is 0. The van der Waals surface area contributed by atoms with E-state index in [0.29, 0.717) is 12.5 Å². The predicted molar refractivity (Wildman–Crippen MR) is 151 cm³/mol. The molecular formula is C32H48FN3O3. The highest BCUT2D eigenvalue weighted by atomic mass is 19.1. The summed E-state index contributed by atoms with van der Waals surface area (Å²) < 4.78 is 19.2. The Morgan fingerprint density at radius 2 is 1.67 bits per heavy atom. The van der Waals surface area contributed by atoms with Crippen LogP contribution in [0.1, 0.15) is 91.0 Å². The number of nitrogens with zero attached hydrogens (tertiary/aromatic N) is 3. The fourth-order valence-corrected chi connectivity index (χ4v) is 7.70. The molecule has 1 aromatic rings. The number of hydrogen-bond acceptors (Lipinski definition) is 4. The van der Waals surface area contributed by atoms with Crippen LogP contribution in [0.5, 0.6) is 0 Å². The van der Waals surface area contributed by atoms with Gasteiger partial charge in [0.2, 0.25) is 5.91 Å². The summed E-state index contributed by atoms with van der Waals surface area (Å²) in [6.07, 6.45) is 7.91. The highest BCUT2D eigenvalue weighted by Crippen LogP contribution is 2.48. The van der Waals surface area contributed by atoms with Crippen LogP contribution in [0.15, 0.2) is 24.3 Å². The number of likely N-dealkylation sites (tertiary alicyclic amines) is 2. The molecule has 4 fully saturated rings. The van der Waals surface area contributed by atoms with Gasteiger partial charge in [-0.05, 0) is 89.3 Å². The van der Waals surface area contributed by atoms with Gasteiger partial charge in [-0.3, -0.25) is 14.6 Å². The van der Waals surface area contributed by atoms with E-state index in [4.69, 9.17) is 4.74 Å². The smallest absolute Gasteiger partial charge is 0.410 e.